The molecule has 4 nitrogen and oxygen atoms in total. The van der Waals surface area contributed by atoms with Gasteiger partial charge in [-0.1, -0.05) is 28.1 Å². The van der Waals surface area contributed by atoms with Crippen LogP contribution in [0.5, 0.6) is 0 Å². The van der Waals surface area contributed by atoms with E-state index in [2.05, 4.69) is 15.9 Å². The highest BCUT2D eigenvalue weighted by atomic mass is 79.9. The summed E-state index contributed by atoms with van der Waals surface area (Å²) in [5.74, 6) is 0.0282. The molecular formula is C13H19BrN2O2. The standard InChI is InChI=1S/C13H19BrN2O2/c1-15(2)13(18)9-16(3)8-12(17)10-4-6-11(14)7-5-10/h4-7,12,17H,8-9H2,1-3H3. The lowest BCUT2D eigenvalue weighted by molar-refractivity contribution is -0.129. The van der Waals surface area contributed by atoms with E-state index >= 15 is 0 Å². The smallest absolute Gasteiger partial charge is 0.236 e. The van der Waals surface area contributed by atoms with E-state index in [-0.39, 0.29) is 5.91 Å². The van der Waals surface area contributed by atoms with Crippen LogP contribution in [0, 0.1) is 0 Å². The normalized spacial score (nSPS) is 12.6. The molecule has 1 amide bonds. The average Bonchev–Trinajstić information content (AvgIpc) is 2.29. The first-order valence-electron chi connectivity index (χ1n) is 5.72. The fourth-order valence-electron chi connectivity index (χ4n) is 1.52. The highest BCUT2D eigenvalue weighted by Gasteiger charge is 2.14. The van der Waals surface area contributed by atoms with Crippen LogP contribution in [0.25, 0.3) is 0 Å². The molecule has 1 rings (SSSR count). The number of nitrogens with zero attached hydrogens (tertiary/aromatic N) is 2. The third-order valence-corrected chi connectivity index (χ3v) is 3.17. The number of benzene rings is 1. The number of carbonyl (C=O) groups is 1. The number of carbonyl (C=O) groups excluding carboxylic acids is 1. The summed E-state index contributed by atoms with van der Waals surface area (Å²) in [7, 11) is 5.27. The molecule has 0 radical (unpaired) electrons. The maximum Gasteiger partial charge on any atom is 0.236 e. The lowest BCUT2D eigenvalue weighted by Crippen LogP contribution is -2.36. The van der Waals surface area contributed by atoms with Gasteiger partial charge in [-0.05, 0) is 24.7 Å². The zero-order chi connectivity index (χ0) is 13.7. The number of rotatable bonds is 5. The van der Waals surface area contributed by atoms with E-state index in [9.17, 15) is 9.90 Å². The van der Waals surface area contributed by atoms with Crippen molar-refractivity contribution in [3.63, 3.8) is 0 Å². The summed E-state index contributed by atoms with van der Waals surface area (Å²) in [5.41, 5.74) is 0.849. The van der Waals surface area contributed by atoms with Gasteiger partial charge in [0, 0.05) is 25.1 Å². The molecule has 0 saturated heterocycles. The molecule has 1 atom stereocenters. The molecule has 0 spiro atoms. The Bertz CT molecular complexity index is 392. The largest absolute Gasteiger partial charge is 0.387 e. The van der Waals surface area contributed by atoms with Gasteiger partial charge in [-0.15, -0.1) is 0 Å². The second-order valence-electron chi connectivity index (χ2n) is 4.55. The Morgan fingerprint density at radius 3 is 2.33 bits per heavy atom. The van der Waals surface area contributed by atoms with Crippen molar-refractivity contribution in [3.05, 3.63) is 34.3 Å². The molecule has 5 heteroatoms. The number of aliphatic hydroxyl groups excluding tert-OH is 1. The maximum atomic E-state index is 11.5. The molecule has 0 aliphatic rings. The Hall–Kier alpha value is -0.910. The van der Waals surface area contributed by atoms with Crippen LogP contribution in [0.1, 0.15) is 11.7 Å². The van der Waals surface area contributed by atoms with Crippen molar-refractivity contribution in [1.29, 1.82) is 0 Å². The topological polar surface area (TPSA) is 43.8 Å². The minimum absolute atomic E-state index is 0.0282. The van der Waals surface area contributed by atoms with E-state index in [1.54, 1.807) is 19.0 Å². The molecule has 0 aliphatic carbocycles. The Labute approximate surface area is 116 Å². The average molecular weight is 315 g/mol. The summed E-state index contributed by atoms with van der Waals surface area (Å²) in [5, 5.41) is 10.1. The highest BCUT2D eigenvalue weighted by molar-refractivity contribution is 9.10. The zero-order valence-electron chi connectivity index (χ0n) is 10.9. The van der Waals surface area contributed by atoms with E-state index in [4.69, 9.17) is 0 Å². The maximum absolute atomic E-state index is 11.5. The Morgan fingerprint density at radius 2 is 1.83 bits per heavy atom. The number of hydrogen-bond donors (Lipinski definition) is 1. The van der Waals surface area contributed by atoms with E-state index in [1.165, 1.54) is 0 Å². The van der Waals surface area contributed by atoms with Gasteiger partial charge < -0.3 is 10.0 Å². The van der Waals surface area contributed by atoms with Gasteiger partial charge in [-0.2, -0.15) is 0 Å². The summed E-state index contributed by atoms with van der Waals surface area (Å²) in [6, 6.07) is 7.53. The molecular weight excluding hydrogens is 296 g/mol. The van der Waals surface area contributed by atoms with Crippen LogP contribution in [0.2, 0.25) is 0 Å². The van der Waals surface area contributed by atoms with Crippen LogP contribution in [-0.4, -0.2) is 55.0 Å². The van der Waals surface area contributed by atoms with Gasteiger partial charge in [0.25, 0.3) is 0 Å². The number of likely N-dealkylation sites (N-methyl/N-ethyl adjacent to an activating group) is 2. The summed E-state index contributed by atoms with van der Waals surface area (Å²) in [6.45, 7) is 0.738. The van der Waals surface area contributed by atoms with Crippen molar-refractivity contribution in [2.45, 2.75) is 6.10 Å². The van der Waals surface area contributed by atoms with Gasteiger partial charge in [0.1, 0.15) is 0 Å². The first-order valence-corrected chi connectivity index (χ1v) is 6.51. The van der Waals surface area contributed by atoms with Crippen LogP contribution in [0.15, 0.2) is 28.7 Å². The Kier molecular flexibility index (Phi) is 5.78. The van der Waals surface area contributed by atoms with Crippen molar-refractivity contribution in [2.75, 3.05) is 34.2 Å². The van der Waals surface area contributed by atoms with Crippen LogP contribution in [0.3, 0.4) is 0 Å². The van der Waals surface area contributed by atoms with Crippen molar-refractivity contribution >= 4 is 21.8 Å². The van der Waals surface area contributed by atoms with Crippen LogP contribution in [0.4, 0.5) is 0 Å². The summed E-state index contributed by atoms with van der Waals surface area (Å²) < 4.78 is 0.981. The van der Waals surface area contributed by atoms with Crippen molar-refractivity contribution < 1.29 is 9.90 Å². The lowest BCUT2D eigenvalue weighted by Gasteiger charge is -2.22. The Balaban J connectivity index is 2.51. The molecule has 1 aromatic carbocycles. The minimum atomic E-state index is -0.585. The van der Waals surface area contributed by atoms with E-state index < -0.39 is 6.10 Å². The van der Waals surface area contributed by atoms with Crippen molar-refractivity contribution in [3.8, 4) is 0 Å². The molecule has 1 unspecified atom stereocenters. The molecule has 0 fully saturated rings. The fraction of sp³-hybridized carbons (Fsp3) is 0.462. The molecule has 0 saturated carbocycles. The molecule has 0 aliphatic heterocycles. The predicted molar refractivity (Wildman–Crippen MR) is 75.3 cm³/mol. The van der Waals surface area contributed by atoms with E-state index in [0.29, 0.717) is 13.1 Å². The van der Waals surface area contributed by atoms with Gasteiger partial charge in [0.2, 0.25) is 5.91 Å². The quantitative estimate of drug-likeness (QED) is 0.896. The van der Waals surface area contributed by atoms with Gasteiger partial charge in [-0.25, -0.2) is 0 Å². The SMILES string of the molecule is CN(CC(=O)N(C)C)CC(O)c1ccc(Br)cc1. The molecule has 18 heavy (non-hydrogen) atoms. The van der Waals surface area contributed by atoms with Gasteiger partial charge >= 0.3 is 0 Å². The Morgan fingerprint density at radius 1 is 1.28 bits per heavy atom. The fourth-order valence-corrected chi connectivity index (χ4v) is 1.79. The van der Waals surface area contributed by atoms with E-state index in [0.717, 1.165) is 10.0 Å². The monoisotopic (exact) mass is 314 g/mol. The summed E-state index contributed by atoms with van der Waals surface area (Å²) in [4.78, 5) is 14.9. The first kappa shape index (κ1) is 15.1. The number of aliphatic hydroxyl groups is 1. The number of amides is 1. The third-order valence-electron chi connectivity index (χ3n) is 2.64. The van der Waals surface area contributed by atoms with Crippen molar-refractivity contribution in [1.82, 2.24) is 9.80 Å². The third kappa shape index (κ3) is 4.76. The highest BCUT2D eigenvalue weighted by Crippen LogP contribution is 2.17. The number of hydrogen-bond acceptors (Lipinski definition) is 3. The van der Waals surface area contributed by atoms with Gasteiger partial charge in [0.05, 0.1) is 12.6 Å². The molecule has 0 heterocycles. The minimum Gasteiger partial charge on any atom is -0.387 e. The van der Waals surface area contributed by atoms with E-state index in [1.807, 2.05) is 36.2 Å². The first-order chi connectivity index (χ1) is 8.40. The molecule has 100 valence electrons. The molecule has 1 aromatic rings. The zero-order valence-corrected chi connectivity index (χ0v) is 12.5. The second kappa shape index (κ2) is 6.87. The van der Waals surface area contributed by atoms with Crippen LogP contribution >= 0.6 is 15.9 Å². The lowest BCUT2D eigenvalue weighted by atomic mass is 10.1. The van der Waals surface area contributed by atoms with Crippen LogP contribution < -0.4 is 0 Å². The molecule has 1 N–H and O–H groups in total. The van der Waals surface area contributed by atoms with Gasteiger partial charge in [0.15, 0.2) is 0 Å². The van der Waals surface area contributed by atoms with Crippen LogP contribution in [-0.2, 0) is 4.79 Å². The van der Waals surface area contributed by atoms with Gasteiger partial charge in [-0.3, -0.25) is 9.69 Å². The molecule has 0 aromatic heterocycles. The van der Waals surface area contributed by atoms with Crippen molar-refractivity contribution in [2.24, 2.45) is 0 Å². The number of halogens is 1. The second-order valence-corrected chi connectivity index (χ2v) is 5.47. The molecule has 0 bridgehead atoms. The summed E-state index contributed by atoms with van der Waals surface area (Å²) >= 11 is 3.35. The summed E-state index contributed by atoms with van der Waals surface area (Å²) in [6.07, 6.45) is -0.585. The predicted octanol–water partition coefficient (Wildman–Crippen LogP) is 1.50.